The van der Waals surface area contributed by atoms with Gasteiger partial charge in [-0.1, -0.05) is 42.5 Å². The first-order valence-corrected chi connectivity index (χ1v) is 7.34. The van der Waals surface area contributed by atoms with Gasteiger partial charge in [0.25, 0.3) is 0 Å². The van der Waals surface area contributed by atoms with Crippen LogP contribution >= 0.6 is 0 Å². The van der Waals surface area contributed by atoms with E-state index in [-0.39, 0.29) is 30.3 Å². The molecule has 3 heteroatoms. The molecule has 0 radical (unpaired) electrons. The zero-order valence-corrected chi connectivity index (χ0v) is 11.1. The van der Waals surface area contributed by atoms with E-state index in [4.69, 9.17) is 9.47 Å². The second-order valence-electron chi connectivity index (χ2n) is 6.43. The van der Waals surface area contributed by atoms with Gasteiger partial charge in [-0.15, -0.1) is 0 Å². The molecule has 0 aromatic heterocycles. The molecule has 1 aliphatic heterocycles. The zero-order chi connectivity index (χ0) is 13.4. The van der Waals surface area contributed by atoms with Crippen molar-refractivity contribution in [1.29, 1.82) is 0 Å². The number of rotatable bonds is 1. The molecule has 0 unspecified atom stereocenters. The summed E-state index contributed by atoms with van der Waals surface area (Å²) >= 11 is 0. The van der Waals surface area contributed by atoms with Crippen molar-refractivity contribution in [3.05, 3.63) is 48.0 Å². The lowest BCUT2D eigenvalue weighted by molar-refractivity contribution is -0.141. The van der Waals surface area contributed by atoms with E-state index >= 15 is 0 Å². The number of allylic oxidation sites excluding steroid dienone is 1. The number of ketones is 1. The molecule has 0 spiro atoms. The molecule has 4 bridgehead atoms. The van der Waals surface area contributed by atoms with Gasteiger partial charge in [0.05, 0.1) is 18.1 Å². The van der Waals surface area contributed by atoms with Gasteiger partial charge < -0.3 is 9.47 Å². The summed E-state index contributed by atoms with van der Waals surface area (Å²) in [6, 6.07) is 10.0. The largest absolute Gasteiger partial charge is 0.342 e. The van der Waals surface area contributed by atoms with Crippen molar-refractivity contribution < 1.29 is 14.3 Å². The van der Waals surface area contributed by atoms with Crippen LogP contribution in [0.25, 0.3) is 0 Å². The number of benzene rings is 1. The predicted molar refractivity (Wildman–Crippen MR) is 71.7 cm³/mol. The minimum Gasteiger partial charge on any atom is -0.342 e. The van der Waals surface area contributed by atoms with Crippen molar-refractivity contribution in [1.82, 2.24) is 0 Å². The maximum atomic E-state index is 12.4. The molecule has 1 saturated heterocycles. The monoisotopic (exact) mass is 268 g/mol. The Balaban J connectivity index is 1.51. The Labute approximate surface area is 117 Å². The van der Waals surface area contributed by atoms with Gasteiger partial charge in [-0.05, 0) is 12.3 Å². The minimum absolute atomic E-state index is 0.00351. The van der Waals surface area contributed by atoms with Crippen LogP contribution in [-0.2, 0) is 14.3 Å². The van der Waals surface area contributed by atoms with Crippen LogP contribution in [0.1, 0.15) is 18.3 Å². The first-order valence-electron chi connectivity index (χ1n) is 7.34. The molecule has 20 heavy (non-hydrogen) atoms. The summed E-state index contributed by atoms with van der Waals surface area (Å²) in [5.74, 6) is 1.04. The summed E-state index contributed by atoms with van der Waals surface area (Å²) in [5.41, 5.74) is 2.18. The molecule has 6 rings (SSSR count). The molecule has 5 aliphatic rings. The maximum absolute atomic E-state index is 12.4. The molecular weight excluding hydrogens is 252 g/mol. The number of hydrogen-bond donors (Lipinski definition) is 0. The van der Waals surface area contributed by atoms with Crippen molar-refractivity contribution in [3.63, 3.8) is 0 Å². The lowest BCUT2D eigenvalue weighted by atomic mass is 9.66. The van der Waals surface area contributed by atoms with Crippen LogP contribution in [0.4, 0.5) is 0 Å². The number of carbonyl (C=O) groups is 1. The number of hydrogen-bond acceptors (Lipinski definition) is 3. The zero-order valence-electron chi connectivity index (χ0n) is 11.1. The fraction of sp³-hybridized carbons (Fsp3) is 0.471. The van der Waals surface area contributed by atoms with Gasteiger partial charge in [-0.2, -0.15) is 0 Å². The Morgan fingerprint density at radius 3 is 2.60 bits per heavy atom. The first-order chi connectivity index (χ1) is 9.75. The van der Waals surface area contributed by atoms with Gasteiger partial charge in [-0.3, -0.25) is 4.79 Å². The standard InChI is InChI=1S/C17H16O3/c1-8-10-7-11-12(8)14(18)13(10)16-15(11)19-17(20-16)9-5-3-2-4-6-9/h2-6,10-13,15-17H,1,7H2/t10-,11-,12+,13+,15+,16-,17+/m0/s1. The Hall–Kier alpha value is -1.45. The molecule has 102 valence electrons. The number of ether oxygens (including phenoxy) is 2. The Kier molecular flexibility index (Phi) is 2.02. The van der Waals surface area contributed by atoms with Crippen LogP contribution < -0.4 is 0 Å². The van der Waals surface area contributed by atoms with Crippen LogP contribution in [0, 0.1) is 23.7 Å². The van der Waals surface area contributed by atoms with Gasteiger partial charge in [0, 0.05) is 17.4 Å². The highest BCUT2D eigenvalue weighted by molar-refractivity contribution is 5.93. The van der Waals surface area contributed by atoms with Gasteiger partial charge >= 0.3 is 0 Å². The van der Waals surface area contributed by atoms with Crippen molar-refractivity contribution in [2.75, 3.05) is 0 Å². The van der Waals surface area contributed by atoms with Crippen LogP contribution in [0.2, 0.25) is 0 Å². The second kappa shape index (κ2) is 3.60. The highest BCUT2D eigenvalue weighted by Gasteiger charge is 2.68. The summed E-state index contributed by atoms with van der Waals surface area (Å²) in [7, 11) is 0. The van der Waals surface area contributed by atoms with Crippen molar-refractivity contribution in [2.24, 2.45) is 23.7 Å². The average Bonchev–Trinajstić information content (AvgIpc) is 3.10. The third kappa shape index (κ3) is 1.17. The molecule has 4 saturated carbocycles. The second-order valence-corrected chi connectivity index (χ2v) is 6.43. The van der Waals surface area contributed by atoms with Gasteiger partial charge in [0.1, 0.15) is 5.78 Å². The Morgan fingerprint density at radius 2 is 1.85 bits per heavy atom. The fourth-order valence-electron chi connectivity index (χ4n) is 4.85. The smallest absolute Gasteiger partial charge is 0.184 e. The molecule has 3 nitrogen and oxygen atoms in total. The molecule has 0 amide bonds. The van der Waals surface area contributed by atoms with Crippen molar-refractivity contribution >= 4 is 5.78 Å². The third-order valence-electron chi connectivity index (χ3n) is 5.63. The quantitative estimate of drug-likeness (QED) is 0.734. The molecule has 7 atom stereocenters. The Morgan fingerprint density at radius 1 is 1.10 bits per heavy atom. The summed E-state index contributed by atoms with van der Waals surface area (Å²) < 4.78 is 12.3. The van der Waals surface area contributed by atoms with E-state index in [1.807, 2.05) is 30.3 Å². The molecule has 1 aromatic rings. The summed E-state index contributed by atoms with van der Waals surface area (Å²) in [6.07, 6.45) is 0.759. The number of Topliss-reactive ketones (excluding diaryl/α,β-unsaturated/α-hetero) is 1. The normalized spacial score (nSPS) is 48.1. The molecule has 0 N–H and O–H groups in total. The van der Waals surface area contributed by atoms with Gasteiger partial charge in [0.2, 0.25) is 0 Å². The molecule has 5 fully saturated rings. The lowest BCUT2D eigenvalue weighted by Crippen LogP contribution is -2.52. The summed E-state index contributed by atoms with van der Waals surface area (Å²) in [6.45, 7) is 4.14. The topological polar surface area (TPSA) is 35.5 Å². The van der Waals surface area contributed by atoms with Crippen LogP contribution in [-0.4, -0.2) is 18.0 Å². The number of carbonyl (C=O) groups excluding carboxylic acids is 1. The maximum Gasteiger partial charge on any atom is 0.184 e. The third-order valence-corrected chi connectivity index (χ3v) is 5.63. The summed E-state index contributed by atoms with van der Waals surface area (Å²) in [5, 5.41) is 0. The Bertz CT molecular complexity index is 608. The SMILES string of the molecule is C=C1[C@H]2C(=O)[C@@H]3[C@@H]4O[C@H](c5ccccc5)O[C@@H]4[C@H]2C[C@@H]13. The molecular formula is C17H16O3. The highest BCUT2D eigenvalue weighted by Crippen LogP contribution is 2.63. The van der Waals surface area contributed by atoms with E-state index in [2.05, 4.69) is 6.58 Å². The summed E-state index contributed by atoms with van der Waals surface area (Å²) in [4.78, 5) is 12.4. The highest BCUT2D eigenvalue weighted by atomic mass is 16.7. The molecule has 1 heterocycles. The fourth-order valence-corrected chi connectivity index (χ4v) is 4.85. The average molecular weight is 268 g/mol. The van der Waals surface area contributed by atoms with Crippen LogP contribution in [0.3, 0.4) is 0 Å². The lowest BCUT2D eigenvalue weighted by Gasteiger charge is -2.40. The van der Waals surface area contributed by atoms with E-state index in [0.29, 0.717) is 17.6 Å². The molecule has 1 aromatic carbocycles. The minimum atomic E-state index is -0.312. The van der Waals surface area contributed by atoms with E-state index in [9.17, 15) is 4.79 Å². The van der Waals surface area contributed by atoms with E-state index in [1.165, 1.54) is 0 Å². The first kappa shape index (κ1) is 11.2. The van der Waals surface area contributed by atoms with Crippen LogP contribution in [0.5, 0.6) is 0 Å². The van der Waals surface area contributed by atoms with Gasteiger partial charge in [-0.25, -0.2) is 0 Å². The van der Waals surface area contributed by atoms with E-state index < -0.39 is 0 Å². The van der Waals surface area contributed by atoms with Gasteiger partial charge in [0.15, 0.2) is 6.29 Å². The van der Waals surface area contributed by atoms with Crippen molar-refractivity contribution in [3.8, 4) is 0 Å². The molecule has 4 aliphatic carbocycles. The van der Waals surface area contributed by atoms with E-state index in [0.717, 1.165) is 17.6 Å². The van der Waals surface area contributed by atoms with Crippen LogP contribution in [0.15, 0.2) is 42.5 Å². The van der Waals surface area contributed by atoms with Crippen molar-refractivity contribution in [2.45, 2.75) is 24.9 Å². The predicted octanol–water partition coefficient (Wildman–Crippen LogP) is 2.49. The van der Waals surface area contributed by atoms with E-state index in [1.54, 1.807) is 0 Å².